The van der Waals surface area contributed by atoms with E-state index in [1.807, 2.05) is 0 Å². The number of unbranched alkanes of at least 4 members (excludes halogenated alkanes) is 23. The first-order valence-corrected chi connectivity index (χ1v) is 23.2. The van der Waals surface area contributed by atoms with Gasteiger partial charge in [0.15, 0.2) is 0 Å². The highest BCUT2D eigenvalue weighted by Crippen LogP contribution is 2.18. The fourth-order valence-electron chi connectivity index (χ4n) is 6.97. The van der Waals surface area contributed by atoms with Crippen LogP contribution in [0.2, 0.25) is 0 Å². The third-order valence-corrected chi connectivity index (χ3v) is 10.5. The van der Waals surface area contributed by atoms with Gasteiger partial charge in [-0.25, -0.2) is 0 Å². The molecule has 0 fully saturated rings. The molecule has 0 saturated heterocycles. The largest absolute Gasteiger partial charge is 0.462 e. The lowest BCUT2D eigenvalue weighted by molar-refractivity contribution is -0.151. The van der Waals surface area contributed by atoms with Crippen molar-refractivity contribution in [2.45, 2.75) is 251 Å². The van der Waals surface area contributed by atoms with Gasteiger partial charge >= 0.3 is 5.97 Å². The van der Waals surface area contributed by atoms with Gasteiger partial charge in [-0.2, -0.15) is 0 Å². The van der Waals surface area contributed by atoms with E-state index in [2.05, 4.69) is 62.5 Å². The number of hydrogen-bond donors (Lipinski definition) is 3. The number of aliphatic hydroxyl groups excluding tert-OH is 2. The van der Waals surface area contributed by atoms with Gasteiger partial charge in [0.1, 0.15) is 6.10 Å². The second kappa shape index (κ2) is 42.2. The molecule has 3 atom stereocenters. The number of amides is 1. The highest BCUT2D eigenvalue weighted by Gasteiger charge is 2.24. The highest BCUT2D eigenvalue weighted by molar-refractivity contribution is 5.77. The summed E-state index contributed by atoms with van der Waals surface area (Å²) in [6, 6.07) is -0.700. The smallest absolute Gasteiger partial charge is 0.306 e. The average Bonchev–Trinajstić information content (AvgIpc) is 3.16. The van der Waals surface area contributed by atoms with E-state index in [1.54, 1.807) is 0 Å². The van der Waals surface area contributed by atoms with E-state index in [0.717, 1.165) is 83.5 Å². The molecule has 0 aromatic rings. The maximum Gasteiger partial charge on any atom is 0.306 e. The van der Waals surface area contributed by atoms with Crippen LogP contribution in [0.3, 0.4) is 0 Å². The van der Waals surface area contributed by atoms with Crippen LogP contribution in [0.15, 0.2) is 36.5 Å². The normalized spacial score (nSPS) is 13.6. The van der Waals surface area contributed by atoms with E-state index >= 15 is 0 Å². The Balaban J connectivity index is 4.61. The Labute approximate surface area is 334 Å². The molecule has 0 aliphatic rings. The van der Waals surface area contributed by atoms with Crippen LogP contribution in [0.1, 0.15) is 233 Å². The minimum absolute atomic E-state index is 0.0714. The average molecular weight is 760 g/mol. The number of ether oxygens (including phenoxy) is 1. The number of carbonyl (C=O) groups is 2. The van der Waals surface area contributed by atoms with Gasteiger partial charge in [0, 0.05) is 6.42 Å². The molecule has 0 rings (SSSR count). The Morgan fingerprint density at radius 1 is 0.556 bits per heavy atom. The molecule has 1 amide bonds. The molecular weight excluding hydrogens is 671 g/mol. The lowest BCUT2D eigenvalue weighted by Crippen LogP contribution is -2.46. The van der Waals surface area contributed by atoms with E-state index in [1.165, 1.54) is 103 Å². The topological polar surface area (TPSA) is 95.9 Å². The van der Waals surface area contributed by atoms with Crippen molar-refractivity contribution in [2.24, 2.45) is 0 Å². The predicted octanol–water partition coefficient (Wildman–Crippen LogP) is 13.3. The van der Waals surface area contributed by atoms with Crippen molar-refractivity contribution in [2.75, 3.05) is 6.61 Å². The van der Waals surface area contributed by atoms with Crippen LogP contribution in [0.5, 0.6) is 0 Å². The van der Waals surface area contributed by atoms with Crippen molar-refractivity contribution in [3.63, 3.8) is 0 Å². The van der Waals surface area contributed by atoms with Crippen LogP contribution in [-0.2, 0) is 14.3 Å². The van der Waals surface area contributed by atoms with E-state index < -0.39 is 18.2 Å². The monoisotopic (exact) mass is 760 g/mol. The van der Waals surface area contributed by atoms with Crippen molar-refractivity contribution in [3.8, 4) is 0 Å². The second-order valence-electron chi connectivity index (χ2n) is 15.8. The molecule has 3 N–H and O–H groups in total. The zero-order valence-electron chi connectivity index (χ0n) is 35.9. The van der Waals surface area contributed by atoms with Gasteiger partial charge in [-0.1, -0.05) is 198 Å². The fraction of sp³-hybridized carbons (Fsp3) is 0.833. The molecule has 0 heterocycles. The predicted molar refractivity (Wildman–Crippen MR) is 232 cm³/mol. The number of allylic oxidation sites excluding steroid dienone is 6. The third-order valence-electron chi connectivity index (χ3n) is 10.5. The van der Waals surface area contributed by atoms with Gasteiger partial charge in [0.05, 0.1) is 25.2 Å². The highest BCUT2D eigenvalue weighted by atomic mass is 16.5. The van der Waals surface area contributed by atoms with E-state index in [9.17, 15) is 19.8 Å². The van der Waals surface area contributed by atoms with Gasteiger partial charge in [0.2, 0.25) is 5.91 Å². The summed E-state index contributed by atoms with van der Waals surface area (Å²) in [7, 11) is 0. The molecule has 54 heavy (non-hydrogen) atoms. The van der Waals surface area contributed by atoms with Crippen molar-refractivity contribution in [3.05, 3.63) is 36.5 Å². The van der Waals surface area contributed by atoms with Crippen LogP contribution >= 0.6 is 0 Å². The first-order chi connectivity index (χ1) is 26.5. The second-order valence-corrected chi connectivity index (χ2v) is 15.8. The van der Waals surface area contributed by atoms with Gasteiger partial charge in [-0.05, 0) is 57.8 Å². The van der Waals surface area contributed by atoms with Crippen LogP contribution in [0.25, 0.3) is 0 Å². The summed E-state index contributed by atoms with van der Waals surface area (Å²) in [4.78, 5) is 26.0. The molecule has 0 aromatic carbocycles. The van der Waals surface area contributed by atoms with Gasteiger partial charge in [0.25, 0.3) is 0 Å². The van der Waals surface area contributed by atoms with Crippen LogP contribution in [0.4, 0.5) is 0 Å². The Bertz CT molecular complexity index is 900. The summed E-state index contributed by atoms with van der Waals surface area (Å²) < 4.78 is 5.90. The van der Waals surface area contributed by atoms with Gasteiger partial charge < -0.3 is 20.3 Å². The van der Waals surface area contributed by atoms with E-state index in [0.29, 0.717) is 19.3 Å². The van der Waals surface area contributed by atoms with Crippen molar-refractivity contribution < 1.29 is 24.5 Å². The standard InChI is InChI=1S/C48H89NO5/c1-4-7-10-13-16-19-21-23-24-26-29-32-35-38-41-48(53)54-44(39-36-33-30-28-25-22-20-17-14-11-8-5-2)42-47(52)49-45(43-50)46(51)40-37-34-31-27-18-15-12-9-6-3/h7,10,16,19,23-24,44-46,50-51H,4-6,8-9,11-15,17-18,20-22,25-43H2,1-3H3,(H,49,52)/b10-7+,19-16+,24-23+. The molecule has 3 unspecified atom stereocenters. The van der Waals surface area contributed by atoms with E-state index in [-0.39, 0.29) is 24.9 Å². The van der Waals surface area contributed by atoms with E-state index in [4.69, 9.17) is 4.74 Å². The van der Waals surface area contributed by atoms with Crippen molar-refractivity contribution in [1.29, 1.82) is 0 Å². The van der Waals surface area contributed by atoms with Crippen LogP contribution < -0.4 is 5.32 Å². The number of rotatable bonds is 41. The molecule has 0 aliphatic carbocycles. The minimum Gasteiger partial charge on any atom is -0.462 e. The van der Waals surface area contributed by atoms with Gasteiger partial charge in [-0.15, -0.1) is 0 Å². The lowest BCUT2D eigenvalue weighted by Gasteiger charge is -2.24. The van der Waals surface area contributed by atoms with Gasteiger partial charge in [-0.3, -0.25) is 9.59 Å². The third kappa shape index (κ3) is 37.0. The Morgan fingerprint density at radius 2 is 1.00 bits per heavy atom. The Kier molecular flexibility index (Phi) is 40.7. The summed E-state index contributed by atoms with van der Waals surface area (Å²) in [5, 5.41) is 23.6. The molecule has 0 aromatic heterocycles. The van der Waals surface area contributed by atoms with Crippen LogP contribution in [-0.4, -0.2) is 46.9 Å². The summed E-state index contributed by atoms with van der Waals surface area (Å²) in [6.45, 7) is 6.34. The molecule has 0 saturated carbocycles. The number of carbonyl (C=O) groups excluding carboxylic acids is 2. The molecule has 0 bridgehead atoms. The molecule has 0 spiro atoms. The molecule has 0 radical (unpaired) electrons. The molecular formula is C48H89NO5. The lowest BCUT2D eigenvalue weighted by atomic mass is 10.0. The fourth-order valence-corrected chi connectivity index (χ4v) is 6.97. The molecule has 6 nitrogen and oxygen atoms in total. The Morgan fingerprint density at radius 3 is 1.52 bits per heavy atom. The first-order valence-electron chi connectivity index (χ1n) is 23.2. The SMILES string of the molecule is CC/C=C/C/C=C/C/C=C/CCCCCCC(=O)OC(CCCCCCCCCCCCCC)CC(=O)NC(CO)C(O)CCCCCCCCCCC. The van der Waals surface area contributed by atoms with Crippen molar-refractivity contribution in [1.82, 2.24) is 5.32 Å². The summed E-state index contributed by atoms with van der Waals surface area (Å²) in [5.41, 5.74) is 0. The summed E-state index contributed by atoms with van der Waals surface area (Å²) in [6.07, 6.45) is 47.7. The maximum absolute atomic E-state index is 13.1. The first kappa shape index (κ1) is 52.1. The van der Waals surface area contributed by atoms with Crippen molar-refractivity contribution >= 4 is 11.9 Å². The summed E-state index contributed by atoms with van der Waals surface area (Å²) in [5.74, 6) is -0.495. The molecule has 316 valence electrons. The number of esters is 1. The zero-order valence-corrected chi connectivity index (χ0v) is 35.9. The minimum atomic E-state index is -0.786. The van der Waals surface area contributed by atoms with Crippen LogP contribution in [0, 0.1) is 0 Å². The molecule has 6 heteroatoms. The number of nitrogens with one attached hydrogen (secondary N) is 1. The quantitative estimate of drug-likeness (QED) is 0.0328. The molecule has 0 aliphatic heterocycles. The number of hydrogen-bond acceptors (Lipinski definition) is 5. The zero-order chi connectivity index (χ0) is 39.6. The Hall–Kier alpha value is -1.92. The summed E-state index contributed by atoms with van der Waals surface area (Å²) >= 11 is 0. The maximum atomic E-state index is 13.1. The number of aliphatic hydroxyl groups is 2.